The van der Waals surface area contributed by atoms with E-state index in [1.807, 2.05) is 12.1 Å². The summed E-state index contributed by atoms with van der Waals surface area (Å²) in [5.74, 6) is 5.14. The van der Waals surface area contributed by atoms with Crippen molar-refractivity contribution in [2.75, 3.05) is 12.0 Å². The third-order valence-electron chi connectivity index (χ3n) is 4.63. The lowest BCUT2D eigenvalue weighted by atomic mass is 9.93. The van der Waals surface area contributed by atoms with Crippen LogP contribution in [0.2, 0.25) is 0 Å². The summed E-state index contributed by atoms with van der Waals surface area (Å²) in [6.45, 7) is 2.65. The van der Waals surface area contributed by atoms with Crippen molar-refractivity contribution in [3.63, 3.8) is 0 Å². The Morgan fingerprint density at radius 2 is 1.67 bits per heavy atom. The molecule has 0 radical (unpaired) electrons. The second-order valence-electron chi connectivity index (χ2n) is 6.21. The number of unbranched alkanes of at least 4 members (excludes halogenated alkanes) is 4. The van der Waals surface area contributed by atoms with Crippen molar-refractivity contribution >= 4 is 28.3 Å². The van der Waals surface area contributed by atoms with Crippen molar-refractivity contribution in [2.24, 2.45) is 5.84 Å². The van der Waals surface area contributed by atoms with Gasteiger partial charge in [-0.2, -0.15) is 0 Å². The van der Waals surface area contributed by atoms with E-state index in [-0.39, 0.29) is 11.8 Å². The van der Waals surface area contributed by atoms with Gasteiger partial charge in [-0.1, -0.05) is 44.7 Å². The predicted octanol–water partition coefficient (Wildman–Crippen LogP) is 3.69. The molecule has 0 saturated heterocycles. The van der Waals surface area contributed by atoms with Gasteiger partial charge >= 0.3 is 0 Å². The van der Waals surface area contributed by atoms with Crippen molar-refractivity contribution in [3.05, 3.63) is 41.5 Å². The topological polar surface area (TPSA) is 75.4 Å². The van der Waals surface area contributed by atoms with Crippen molar-refractivity contribution in [1.29, 1.82) is 0 Å². The normalized spacial score (nSPS) is 13.7. The first-order valence-electron chi connectivity index (χ1n) is 8.57. The van der Waals surface area contributed by atoms with Gasteiger partial charge in [-0.15, -0.1) is 0 Å². The average Bonchev–Trinajstić information content (AvgIpc) is 2.61. The van der Waals surface area contributed by atoms with Crippen LogP contribution in [0.4, 0.5) is 5.69 Å². The molecule has 3 N–H and O–H groups in total. The molecule has 0 spiro atoms. The lowest BCUT2D eigenvalue weighted by Gasteiger charge is -2.27. The van der Waals surface area contributed by atoms with Crippen LogP contribution < -0.4 is 11.3 Å². The summed E-state index contributed by atoms with van der Waals surface area (Å²) in [5, 5.41) is 1.50. The molecule has 3 rings (SSSR count). The van der Waals surface area contributed by atoms with Gasteiger partial charge in [0.05, 0.1) is 5.69 Å². The average molecular weight is 325 g/mol. The van der Waals surface area contributed by atoms with Crippen LogP contribution in [0.3, 0.4) is 0 Å². The van der Waals surface area contributed by atoms with Crippen LogP contribution in [0, 0.1) is 0 Å². The molecule has 5 heteroatoms. The summed E-state index contributed by atoms with van der Waals surface area (Å²) in [7, 11) is 0. The SMILES string of the molecule is CCCCCCCN1C(=O)c2cccc3c(NN)ccc(c23)C1=O. The van der Waals surface area contributed by atoms with Crippen LogP contribution >= 0.6 is 0 Å². The highest BCUT2D eigenvalue weighted by atomic mass is 16.2. The molecule has 0 bridgehead atoms. The fraction of sp³-hybridized carbons (Fsp3) is 0.368. The number of benzene rings is 2. The predicted molar refractivity (Wildman–Crippen MR) is 95.9 cm³/mol. The number of rotatable bonds is 7. The lowest BCUT2D eigenvalue weighted by Crippen LogP contribution is -2.40. The summed E-state index contributed by atoms with van der Waals surface area (Å²) < 4.78 is 0. The van der Waals surface area contributed by atoms with E-state index in [4.69, 9.17) is 5.84 Å². The molecule has 5 nitrogen and oxygen atoms in total. The van der Waals surface area contributed by atoms with E-state index in [9.17, 15) is 9.59 Å². The molecule has 126 valence electrons. The fourth-order valence-electron chi connectivity index (χ4n) is 3.35. The number of nitrogens with one attached hydrogen (secondary N) is 1. The van der Waals surface area contributed by atoms with Crippen molar-refractivity contribution in [1.82, 2.24) is 4.90 Å². The molecule has 24 heavy (non-hydrogen) atoms. The Labute approximate surface area is 141 Å². The van der Waals surface area contributed by atoms with Crippen molar-refractivity contribution in [2.45, 2.75) is 39.0 Å². The van der Waals surface area contributed by atoms with Gasteiger partial charge in [0.25, 0.3) is 11.8 Å². The second-order valence-corrected chi connectivity index (χ2v) is 6.21. The molecule has 0 saturated carbocycles. The lowest BCUT2D eigenvalue weighted by molar-refractivity contribution is 0.0608. The quantitative estimate of drug-likeness (QED) is 0.352. The number of hydrogen-bond donors (Lipinski definition) is 2. The van der Waals surface area contributed by atoms with Crippen LogP contribution in [0.15, 0.2) is 30.3 Å². The standard InChI is InChI=1S/C19H23N3O2/c1-2-3-4-5-6-12-22-18(23)14-9-7-8-13-16(21-20)11-10-15(17(13)14)19(22)24/h7-11,21H,2-6,12,20H2,1H3. The van der Waals surface area contributed by atoms with E-state index in [0.717, 1.165) is 24.6 Å². The molecule has 0 atom stereocenters. The smallest absolute Gasteiger partial charge is 0.261 e. The molecule has 2 amide bonds. The van der Waals surface area contributed by atoms with Crippen LogP contribution in [0.25, 0.3) is 10.8 Å². The second kappa shape index (κ2) is 7.01. The van der Waals surface area contributed by atoms with Gasteiger partial charge < -0.3 is 5.43 Å². The number of hydrogen-bond acceptors (Lipinski definition) is 4. The summed E-state index contributed by atoms with van der Waals surface area (Å²) in [6, 6.07) is 9.02. The third kappa shape index (κ3) is 2.76. The maximum atomic E-state index is 12.8. The molecule has 0 fully saturated rings. The van der Waals surface area contributed by atoms with E-state index in [2.05, 4.69) is 12.3 Å². The Bertz CT molecular complexity index is 763. The highest BCUT2D eigenvalue weighted by Crippen LogP contribution is 2.34. The van der Waals surface area contributed by atoms with Gasteiger partial charge in [0.1, 0.15) is 0 Å². The molecule has 0 aliphatic carbocycles. The van der Waals surface area contributed by atoms with Gasteiger partial charge in [-0.25, -0.2) is 0 Å². The number of nitrogens with zero attached hydrogens (tertiary/aromatic N) is 1. The molecular formula is C19H23N3O2. The molecule has 1 heterocycles. The van der Waals surface area contributed by atoms with Crippen LogP contribution in [-0.2, 0) is 0 Å². The molecule has 0 unspecified atom stereocenters. The molecule has 1 aliphatic heterocycles. The Kier molecular flexibility index (Phi) is 4.81. The Hall–Kier alpha value is -2.40. The number of anilines is 1. The van der Waals surface area contributed by atoms with Gasteiger partial charge in [0, 0.05) is 28.4 Å². The van der Waals surface area contributed by atoms with E-state index in [1.165, 1.54) is 17.7 Å². The van der Waals surface area contributed by atoms with Gasteiger partial charge in [0.2, 0.25) is 0 Å². The number of carbonyl (C=O) groups is 2. The first-order chi connectivity index (χ1) is 11.7. The largest absolute Gasteiger partial charge is 0.324 e. The zero-order valence-electron chi connectivity index (χ0n) is 14.0. The van der Waals surface area contributed by atoms with Gasteiger partial charge in [0.15, 0.2) is 0 Å². The number of imide groups is 1. The monoisotopic (exact) mass is 325 g/mol. The van der Waals surface area contributed by atoms with E-state index in [1.54, 1.807) is 18.2 Å². The van der Waals surface area contributed by atoms with Crippen LogP contribution in [0.5, 0.6) is 0 Å². The number of nitrogens with two attached hydrogens (primary N) is 1. The minimum atomic E-state index is -0.206. The summed E-state index contributed by atoms with van der Waals surface area (Å²) in [6.07, 6.45) is 5.40. The van der Waals surface area contributed by atoms with E-state index in [0.29, 0.717) is 28.7 Å². The minimum absolute atomic E-state index is 0.206. The van der Waals surface area contributed by atoms with E-state index >= 15 is 0 Å². The first-order valence-corrected chi connectivity index (χ1v) is 8.57. The summed E-state index contributed by atoms with van der Waals surface area (Å²) in [4.78, 5) is 27.0. The zero-order valence-corrected chi connectivity index (χ0v) is 14.0. The Morgan fingerprint density at radius 3 is 2.38 bits per heavy atom. The number of carbonyl (C=O) groups excluding carboxylic acids is 2. The zero-order chi connectivity index (χ0) is 17.1. The van der Waals surface area contributed by atoms with Gasteiger partial charge in [-0.05, 0) is 24.6 Å². The Morgan fingerprint density at radius 1 is 0.958 bits per heavy atom. The number of amides is 2. The van der Waals surface area contributed by atoms with Crippen molar-refractivity contribution in [3.8, 4) is 0 Å². The Balaban J connectivity index is 1.91. The van der Waals surface area contributed by atoms with Crippen molar-refractivity contribution < 1.29 is 9.59 Å². The van der Waals surface area contributed by atoms with Crippen LogP contribution in [0.1, 0.15) is 59.7 Å². The summed E-state index contributed by atoms with van der Waals surface area (Å²) in [5.41, 5.74) is 4.50. The fourth-order valence-corrected chi connectivity index (χ4v) is 3.35. The van der Waals surface area contributed by atoms with E-state index < -0.39 is 0 Å². The third-order valence-corrected chi connectivity index (χ3v) is 4.63. The molecule has 0 aromatic heterocycles. The summed E-state index contributed by atoms with van der Waals surface area (Å²) >= 11 is 0. The van der Waals surface area contributed by atoms with Gasteiger partial charge in [-0.3, -0.25) is 20.3 Å². The minimum Gasteiger partial charge on any atom is -0.324 e. The highest BCUT2D eigenvalue weighted by molar-refractivity contribution is 6.26. The maximum absolute atomic E-state index is 12.8. The number of hydrazine groups is 1. The molecule has 1 aliphatic rings. The first kappa shape index (κ1) is 16.5. The highest BCUT2D eigenvalue weighted by Gasteiger charge is 2.32. The van der Waals surface area contributed by atoms with Crippen LogP contribution in [-0.4, -0.2) is 23.3 Å². The molecular weight excluding hydrogens is 302 g/mol. The molecule has 2 aromatic carbocycles. The molecule has 2 aromatic rings. The maximum Gasteiger partial charge on any atom is 0.261 e. The number of nitrogen functional groups attached to an aromatic ring is 1.